The second-order valence-corrected chi connectivity index (χ2v) is 9.94. The zero-order valence-corrected chi connectivity index (χ0v) is 24.0. The van der Waals surface area contributed by atoms with Gasteiger partial charge in [-0.05, 0) is 38.3 Å². The van der Waals surface area contributed by atoms with Crippen molar-refractivity contribution >= 4 is 30.0 Å². The fourth-order valence-electron chi connectivity index (χ4n) is 3.94. The Bertz CT molecular complexity index is 1060. The van der Waals surface area contributed by atoms with Crippen LogP contribution in [0.2, 0.25) is 0 Å². The fraction of sp³-hybridized carbons (Fsp3) is 0.643. The zero-order valence-electron chi connectivity index (χ0n) is 24.0. The van der Waals surface area contributed by atoms with Crippen molar-refractivity contribution in [2.24, 2.45) is 11.8 Å². The number of esters is 3. The summed E-state index contributed by atoms with van der Waals surface area (Å²) in [5.74, 6) is -4.51. The maximum Gasteiger partial charge on any atom is 0.513 e. The first-order chi connectivity index (χ1) is 19.0. The summed E-state index contributed by atoms with van der Waals surface area (Å²) in [6.45, 7) is 9.82. The molecule has 2 rings (SSSR count). The number of rotatable bonds is 11. The Morgan fingerprint density at radius 1 is 1.12 bits per heavy atom. The third-order valence-corrected chi connectivity index (χ3v) is 6.33. The Kier molecular flexibility index (Phi) is 12.8. The largest absolute Gasteiger partial charge is 0.513 e. The van der Waals surface area contributed by atoms with Gasteiger partial charge in [0, 0.05) is 6.20 Å². The summed E-state index contributed by atoms with van der Waals surface area (Å²) in [5, 5.41) is 2.44. The molecule has 1 N–H and O–H groups in total. The van der Waals surface area contributed by atoms with E-state index in [0.29, 0.717) is 12.0 Å². The quantitative estimate of drug-likeness (QED) is 0.238. The lowest BCUT2D eigenvalue weighted by Crippen LogP contribution is -2.47. The van der Waals surface area contributed by atoms with Crippen LogP contribution in [0.25, 0.3) is 0 Å². The molecule has 0 unspecified atom stereocenters. The number of nitrogens with zero attached hydrogens (tertiary/aromatic N) is 1. The normalized spacial score (nSPS) is 21.3. The number of nitrogens with one attached hydrogen (secondary N) is 1. The summed E-state index contributed by atoms with van der Waals surface area (Å²) in [6, 6.07) is 0.138. The molecule has 0 bridgehead atoms. The number of hydrogen-bond donors (Lipinski definition) is 1. The number of aryl methyl sites for hydroxylation is 1. The molecule has 1 aromatic rings. The first-order valence-corrected chi connectivity index (χ1v) is 13.7. The number of carbonyl (C=O) groups excluding carboxylic acids is 5. The van der Waals surface area contributed by atoms with E-state index in [1.165, 1.54) is 13.1 Å². The van der Waals surface area contributed by atoms with Crippen molar-refractivity contribution in [2.75, 3.05) is 13.2 Å². The van der Waals surface area contributed by atoms with Crippen LogP contribution in [0.1, 0.15) is 82.8 Å². The number of amides is 1. The minimum absolute atomic E-state index is 0.132. The highest BCUT2D eigenvalue weighted by Crippen LogP contribution is 2.25. The number of carbonyl (C=O) groups is 5. The standard InChI is InChI=1S/C28H40N2O10/c1-7-9-10-11-14-36-28(35)40-22-17(5)12-13-29-21(22)24(31)30-20-15-37-26(33)19(8-2)23(18(6)38-27(20)34)39-25(32)16(3)4/h12-13,16,18-20,23H,7-11,14-15H2,1-6H3,(H,30,31)/t18-,19+,20-,23-/m0/s1. The van der Waals surface area contributed by atoms with Crippen LogP contribution in [-0.2, 0) is 33.3 Å². The molecule has 1 aromatic heterocycles. The van der Waals surface area contributed by atoms with Gasteiger partial charge >= 0.3 is 24.1 Å². The van der Waals surface area contributed by atoms with Gasteiger partial charge in [0.25, 0.3) is 5.91 Å². The van der Waals surface area contributed by atoms with Gasteiger partial charge in [0.2, 0.25) is 0 Å². The minimum Gasteiger partial charge on any atom is -0.463 e. The molecule has 40 heavy (non-hydrogen) atoms. The molecule has 1 aliphatic heterocycles. The predicted octanol–water partition coefficient (Wildman–Crippen LogP) is 3.67. The van der Waals surface area contributed by atoms with Gasteiger partial charge in [0.15, 0.2) is 23.6 Å². The summed E-state index contributed by atoms with van der Waals surface area (Å²) in [5.41, 5.74) is 0.158. The van der Waals surface area contributed by atoms with Crippen LogP contribution in [0.15, 0.2) is 12.3 Å². The first kappa shape index (κ1) is 32.5. The number of hydrogen-bond acceptors (Lipinski definition) is 11. The molecule has 2 heterocycles. The zero-order chi connectivity index (χ0) is 29.8. The maximum atomic E-state index is 13.2. The van der Waals surface area contributed by atoms with Gasteiger partial charge in [0.05, 0.1) is 18.4 Å². The Morgan fingerprint density at radius 2 is 1.85 bits per heavy atom. The molecule has 222 valence electrons. The number of unbranched alkanes of at least 4 members (excludes halogenated alkanes) is 3. The van der Waals surface area contributed by atoms with Crippen LogP contribution in [0.4, 0.5) is 4.79 Å². The molecule has 1 amide bonds. The van der Waals surface area contributed by atoms with Crippen LogP contribution in [0.3, 0.4) is 0 Å². The van der Waals surface area contributed by atoms with E-state index in [1.807, 2.05) is 0 Å². The summed E-state index contributed by atoms with van der Waals surface area (Å²) >= 11 is 0. The van der Waals surface area contributed by atoms with Crippen molar-refractivity contribution < 1.29 is 47.7 Å². The molecule has 12 heteroatoms. The molecular formula is C28H40N2O10. The second kappa shape index (κ2) is 15.8. The lowest BCUT2D eigenvalue weighted by molar-refractivity contribution is -0.176. The lowest BCUT2D eigenvalue weighted by atomic mass is 9.95. The molecule has 0 radical (unpaired) electrons. The van der Waals surface area contributed by atoms with Crippen LogP contribution >= 0.6 is 0 Å². The average molecular weight is 565 g/mol. The Hall–Kier alpha value is -3.70. The van der Waals surface area contributed by atoms with E-state index in [2.05, 4.69) is 17.2 Å². The van der Waals surface area contributed by atoms with E-state index in [4.69, 9.17) is 23.7 Å². The molecule has 0 aliphatic carbocycles. The first-order valence-electron chi connectivity index (χ1n) is 13.7. The SMILES string of the molecule is CCCCCCOC(=O)Oc1c(C)ccnc1C(=O)N[C@H]1COC(=O)[C@H](CC)[C@@H](OC(=O)C(C)C)[C@H](C)OC1=O. The predicted molar refractivity (Wildman–Crippen MR) is 141 cm³/mol. The monoisotopic (exact) mass is 564 g/mol. The number of pyridine rings is 1. The third kappa shape index (κ3) is 9.20. The van der Waals surface area contributed by atoms with E-state index >= 15 is 0 Å². The van der Waals surface area contributed by atoms with Gasteiger partial charge in [-0.1, -0.05) is 47.0 Å². The minimum atomic E-state index is -1.41. The van der Waals surface area contributed by atoms with Gasteiger partial charge in [-0.2, -0.15) is 0 Å². The van der Waals surface area contributed by atoms with E-state index in [-0.39, 0.29) is 24.5 Å². The highest BCUT2D eigenvalue weighted by atomic mass is 16.7. The molecule has 1 aliphatic rings. The molecule has 1 fully saturated rings. The van der Waals surface area contributed by atoms with Crippen molar-refractivity contribution in [1.29, 1.82) is 0 Å². The smallest absolute Gasteiger partial charge is 0.463 e. The summed E-state index contributed by atoms with van der Waals surface area (Å²) < 4.78 is 26.7. The van der Waals surface area contributed by atoms with Crippen molar-refractivity contribution in [3.05, 3.63) is 23.5 Å². The van der Waals surface area contributed by atoms with Crippen LogP contribution < -0.4 is 10.1 Å². The van der Waals surface area contributed by atoms with Crippen molar-refractivity contribution in [2.45, 2.75) is 91.9 Å². The van der Waals surface area contributed by atoms with Crippen LogP contribution in [0, 0.1) is 18.8 Å². The maximum absolute atomic E-state index is 13.2. The summed E-state index contributed by atoms with van der Waals surface area (Å²) in [4.78, 5) is 67.6. The van der Waals surface area contributed by atoms with Crippen molar-refractivity contribution in [3.63, 3.8) is 0 Å². The molecular weight excluding hydrogens is 524 g/mol. The number of cyclic esters (lactones) is 2. The number of ether oxygens (including phenoxy) is 5. The molecule has 0 aromatic carbocycles. The molecule has 0 saturated carbocycles. The van der Waals surface area contributed by atoms with E-state index < -0.39 is 66.7 Å². The molecule has 4 atom stereocenters. The molecule has 0 spiro atoms. The fourth-order valence-corrected chi connectivity index (χ4v) is 3.94. The third-order valence-electron chi connectivity index (χ3n) is 6.33. The highest BCUT2D eigenvalue weighted by molar-refractivity contribution is 5.98. The Morgan fingerprint density at radius 3 is 2.50 bits per heavy atom. The van der Waals surface area contributed by atoms with Gasteiger partial charge in [-0.3, -0.25) is 14.4 Å². The van der Waals surface area contributed by atoms with Gasteiger partial charge < -0.3 is 29.0 Å². The summed E-state index contributed by atoms with van der Waals surface area (Å²) in [6.07, 6.45) is 2.18. The average Bonchev–Trinajstić information content (AvgIpc) is 2.94. The Balaban J connectivity index is 2.18. The van der Waals surface area contributed by atoms with E-state index in [1.54, 1.807) is 33.8 Å². The second-order valence-electron chi connectivity index (χ2n) is 9.94. The van der Waals surface area contributed by atoms with Crippen molar-refractivity contribution in [1.82, 2.24) is 10.3 Å². The lowest BCUT2D eigenvalue weighted by Gasteiger charge is -2.29. The topological polar surface area (TPSA) is 156 Å². The van der Waals surface area contributed by atoms with Crippen LogP contribution in [0.5, 0.6) is 5.75 Å². The van der Waals surface area contributed by atoms with Gasteiger partial charge in [-0.25, -0.2) is 14.6 Å². The van der Waals surface area contributed by atoms with Gasteiger partial charge in [0.1, 0.15) is 12.7 Å². The summed E-state index contributed by atoms with van der Waals surface area (Å²) in [7, 11) is 0. The molecule has 12 nitrogen and oxygen atoms in total. The van der Waals surface area contributed by atoms with E-state index in [0.717, 1.165) is 19.3 Å². The Labute approximate surface area is 234 Å². The van der Waals surface area contributed by atoms with Crippen molar-refractivity contribution in [3.8, 4) is 5.75 Å². The van der Waals surface area contributed by atoms with Gasteiger partial charge in [-0.15, -0.1) is 0 Å². The molecule has 1 saturated heterocycles. The number of aromatic nitrogens is 1. The highest BCUT2D eigenvalue weighted by Gasteiger charge is 2.41. The van der Waals surface area contributed by atoms with Crippen LogP contribution in [-0.4, -0.2) is 66.4 Å². The van der Waals surface area contributed by atoms with E-state index in [9.17, 15) is 24.0 Å².